The van der Waals surface area contributed by atoms with Crippen molar-refractivity contribution in [3.05, 3.63) is 42.0 Å². The predicted molar refractivity (Wildman–Crippen MR) is 174 cm³/mol. The summed E-state index contributed by atoms with van der Waals surface area (Å²) >= 11 is 3.79. The maximum Gasteiger partial charge on any atom is 0.264 e. The van der Waals surface area contributed by atoms with Crippen LogP contribution in [0.3, 0.4) is 0 Å². The van der Waals surface area contributed by atoms with E-state index in [1.54, 1.807) is 14.2 Å². The van der Waals surface area contributed by atoms with Crippen molar-refractivity contribution in [2.24, 2.45) is 17.8 Å². The number of rotatable bonds is 15. The molecule has 1 aliphatic rings. The summed E-state index contributed by atoms with van der Waals surface area (Å²) in [5.41, 5.74) is -0.0417. The SMILES string of the molecule is COc1ccc(CO[C@@H]([C@H](C)[C@@H](OS(C)(=O)=O)[C@]2(C)O[C@@H](OC)[C@H](C)[C@H]2Br)[C@@H](C)/C=C\CO[Si](C)(C)C(C)(C)C)cc1. The van der Waals surface area contributed by atoms with Crippen molar-refractivity contribution >= 4 is 34.4 Å². The summed E-state index contributed by atoms with van der Waals surface area (Å²) in [7, 11) is -2.53. The van der Waals surface area contributed by atoms with Crippen LogP contribution in [0.5, 0.6) is 5.75 Å². The van der Waals surface area contributed by atoms with Gasteiger partial charge < -0.3 is 23.4 Å². The molecule has 1 fully saturated rings. The summed E-state index contributed by atoms with van der Waals surface area (Å²) in [5, 5.41) is 0.112. The minimum Gasteiger partial charge on any atom is -0.497 e. The van der Waals surface area contributed by atoms with E-state index in [1.807, 2.05) is 51.1 Å². The van der Waals surface area contributed by atoms with Crippen molar-refractivity contribution in [2.45, 2.75) is 102 Å². The fraction of sp³-hybridized carbons (Fsp3) is 0.742. The fourth-order valence-electron chi connectivity index (χ4n) is 5.18. The first-order chi connectivity index (χ1) is 19.3. The maximum absolute atomic E-state index is 12.6. The first kappa shape index (κ1) is 37.4. The molecule has 1 aromatic rings. The first-order valence-electron chi connectivity index (χ1n) is 14.6. The Labute approximate surface area is 264 Å². The highest BCUT2D eigenvalue weighted by Crippen LogP contribution is 2.47. The zero-order valence-electron chi connectivity index (χ0n) is 27.5. The Morgan fingerprint density at radius 1 is 1.14 bits per heavy atom. The van der Waals surface area contributed by atoms with Crippen LogP contribution in [0.25, 0.3) is 0 Å². The molecule has 1 aliphatic heterocycles. The van der Waals surface area contributed by atoms with Gasteiger partial charge in [-0.3, -0.25) is 4.18 Å². The van der Waals surface area contributed by atoms with E-state index in [1.165, 1.54) is 0 Å². The van der Waals surface area contributed by atoms with Crippen molar-refractivity contribution in [2.75, 3.05) is 27.1 Å². The van der Waals surface area contributed by atoms with Crippen LogP contribution in [0.15, 0.2) is 36.4 Å². The van der Waals surface area contributed by atoms with E-state index in [0.717, 1.165) is 17.6 Å². The number of ether oxygens (including phenoxy) is 4. The van der Waals surface area contributed by atoms with Gasteiger partial charge in [0.15, 0.2) is 14.6 Å². The average molecular weight is 694 g/mol. The lowest BCUT2D eigenvalue weighted by molar-refractivity contribution is -0.197. The highest BCUT2D eigenvalue weighted by atomic mass is 79.9. The van der Waals surface area contributed by atoms with E-state index < -0.39 is 48.5 Å². The van der Waals surface area contributed by atoms with E-state index in [-0.39, 0.29) is 21.7 Å². The Bertz CT molecular complexity index is 1120. The van der Waals surface area contributed by atoms with Gasteiger partial charge >= 0.3 is 0 Å². The Balaban J connectivity index is 2.41. The molecule has 0 aromatic heterocycles. The number of alkyl halides is 1. The fourth-order valence-corrected chi connectivity index (χ4v) is 7.49. The van der Waals surface area contributed by atoms with Gasteiger partial charge in [0.25, 0.3) is 10.1 Å². The molecule has 0 aliphatic carbocycles. The number of hydrogen-bond acceptors (Lipinski definition) is 8. The van der Waals surface area contributed by atoms with E-state index >= 15 is 0 Å². The summed E-state index contributed by atoms with van der Waals surface area (Å²) in [4.78, 5) is -0.227. The summed E-state index contributed by atoms with van der Waals surface area (Å²) in [6.07, 6.45) is 3.41. The molecule has 1 saturated heterocycles. The topological polar surface area (TPSA) is 89.5 Å². The van der Waals surface area contributed by atoms with Crippen LogP contribution in [0, 0.1) is 17.8 Å². The zero-order chi connectivity index (χ0) is 32.1. The van der Waals surface area contributed by atoms with Crippen LogP contribution in [0.2, 0.25) is 18.1 Å². The second-order valence-electron chi connectivity index (χ2n) is 13.2. The van der Waals surface area contributed by atoms with Gasteiger partial charge in [0, 0.05) is 24.9 Å². The van der Waals surface area contributed by atoms with Gasteiger partial charge in [-0.1, -0.05) is 81.8 Å². The lowest BCUT2D eigenvalue weighted by atomic mass is 9.79. The van der Waals surface area contributed by atoms with Gasteiger partial charge in [-0.05, 0) is 42.8 Å². The highest BCUT2D eigenvalue weighted by Gasteiger charge is 2.57. The smallest absolute Gasteiger partial charge is 0.264 e. The van der Waals surface area contributed by atoms with Crippen LogP contribution in [0.1, 0.15) is 54.0 Å². The molecule has 242 valence electrons. The molecule has 8 atom stereocenters. The van der Waals surface area contributed by atoms with Crippen LogP contribution in [-0.2, 0) is 39.5 Å². The van der Waals surface area contributed by atoms with Crippen molar-refractivity contribution in [3.8, 4) is 5.75 Å². The quantitative estimate of drug-likeness (QED) is 0.0846. The highest BCUT2D eigenvalue weighted by molar-refractivity contribution is 9.09. The molecule has 1 aromatic carbocycles. The van der Waals surface area contributed by atoms with Gasteiger partial charge in [-0.2, -0.15) is 8.42 Å². The molecule has 0 saturated carbocycles. The van der Waals surface area contributed by atoms with Gasteiger partial charge in [0.05, 0.1) is 37.5 Å². The summed E-state index contributed by atoms with van der Waals surface area (Å²) in [6, 6.07) is 7.70. The molecule has 0 radical (unpaired) electrons. The van der Waals surface area contributed by atoms with Gasteiger partial charge in [-0.15, -0.1) is 0 Å². The average Bonchev–Trinajstić information content (AvgIpc) is 3.13. The lowest BCUT2D eigenvalue weighted by Gasteiger charge is -2.42. The number of benzene rings is 1. The van der Waals surface area contributed by atoms with Gasteiger partial charge in [0.2, 0.25) is 0 Å². The molecule has 2 rings (SSSR count). The van der Waals surface area contributed by atoms with Gasteiger partial charge in [0.1, 0.15) is 17.5 Å². The third kappa shape index (κ3) is 9.60. The Kier molecular flexibility index (Phi) is 13.3. The molecule has 0 bridgehead atoms. The van der Waals surface area contributed by atoms with Crippen molar-refractivity contribution in [1.82, 2.24) is 0 Å². The molecule has 0 unspecified atom stereocenters. The third-order valence-corrected chi connectivity index (χ3v) is 15.6. The summed E-state index contributed by atoms with van der Waals surface area (Å²) < 4.78 is 61.2. The van der Waals surface area contributed by atoms with Gasteiger partial charge in [-0.25, -0.2) is 0 Å². The van der Waals surface area contributed by atoms with E-state index in [0.29, 0.717) is 13.2 Å². The van der Waals surface area contributed by atoms with Crippen LogP contribution in [0.4, 0.5) is 0 Å². The van der Waals surface area contributed by atoms with Crippen LogP contribution < -0.4 is 4.74 Å². The summed E-state index contributed by atoms with van der Waals surface area (Å²) in [5.74, 6) is 0.231. The molecular weight excluding hydrogens is 640 g/mol. The molecule has 0 amide bonds. The Morgan fingerprint density at radius 2 is 1.74 bits per heavy atom. The first-order valence-corrected chi connectivity index (χ1v) is 20.2. The Morgan fingerprint density at radius 3 is 2.21 bits per heavy atom. The second-order valence-corrected chi connectivity index (χ2v) is 20.6. The molecule has 0 spiro atoms. The van der Waals surface area contributed by atoms with Crippen LogP contribution >= 0.6 is 15.9 Å². The number of methoxy groups -OCH3 is 2. The standard InChI is InChI=1S/C31H53BrO8SSi/c1-21(14-13-19-38-42(11,12)30(4,5)6)26(37-20-24-15-17-25(35-8)18-16-24)22(2)28(40-41(10,33)34)31(7)27(32)23(3)29(36-9)39-31/h13-18,21-23,26-29H,19-20H2,1-12H3/b14-13-/t21-,22-,23+,26+,27+,28+,29+,31+/m0/s1. The monoisotopic (exact) mass is 692 g/mol. The minimum atomic E-state index is -3.84. The summed E-state index contributed by atoms with van der Waals surface area (Å²) in [6.45, 7) is 19.9. The van der Waals surface area contributed by atoms with Crippen molar-refractivity contribution in [1.29, 1.82) is 0 Å². The molecular formula is C31H53BrO8SSi. The maximum atomic E-state index is 12.6. The number of hydrogen-bond donors (Lipinski definition) is 0. The van der Waals surface area contributed by atoms with E-state index in [4.69, 9.17) is 27.6 Å². The Hall–Kier alpha value is -0.793. The van der Waals surface area contributed by atoms with Crippen LogP contribution in [-0.4, -0.2) is 72.7 Å². The second kappa shape index (κ2) is 15.0. The lowest BCUT2D eigenvalue weighted by Crippen LogP contribution is -2.54. The molecule has 0 N–H and O–H groups in total. The van der Waals surface area contributed by atoms with E-state index in [2.05, 4.69) is 62.8 Å². The van der Waals surface area contributed by atoms with E-state index in [9.17, 15) is 8.42 Å². The predicted octanol–water partition coefficient (Wildman–Crippen LogP) is 6.94. The molecule has 11 heteroatoms. The molecule has 42 heavy (non-hydrogen) atoms. The number of halogens is 1. The minimum absolute atomic E-state index is 0.0404. The largest absolute Gasteiger partial charge is 0.497 e. The van der Waals surface area contributed by atoms with Crippen molar-refractivity contribution < 1.29 is 36.0 Å². The van der Waals surface area contributed by atoms with Crippen molar-refractivity contribution in [3.63, 3.8) is 0 Å². The molecule has 1 heterocycles. The third-order valence-electron chi connectivity index (χ3n) is 8.79. The zero-order valence-corrected chi connectivity index (χ0v) is 30.9. The normalized spacial score (nSPS) is 26.7. The molecule has 8 nitrogen and oxygen atoms in total.